The Morgan fingerprint density at radius 1 is 1.00 bits per heavy atom. The van der Waals surface area contributed by atoms with E-state index in [1.54, 1.807) is 48.5 Å². The highest BCUT2D eigenvalue weighted by Gasteiger charge is 2.21. The maximum Gasteiger partial charge on any atom is 0.370 e. The quantitative estimate of drug-likeness (QED) is 0.368. The second-order valence-corrected chi connectivity index (χ2v) is 6.99. The van der Waals surface area contributed by atoms with Crippen LogP contribution < -0.4 is 20.6 Å². The average molecular weight is 418 g/mol. The topological polar surface area (TPSA) is 114 Å². The summed E-state index contributed by atoms with van der Waals surface area (Å²) in [5, 5.41) is 9.65. The lowest BCUT2D eigenvalue weighted by atomic mass is 10.1. The van der Waals surface area contributed by atoms with Crippen LogP contribution in [0, 0.1) is 0 Å². The molecule has 0 saturated carbocycles. The first-order chi connectivity index (χ1) is 15.0. The molecule has 7 heteroatoms. The number of para-hydroxylation sites is 1. The molecule has 0 saturated heterocycles. The Morgan fingerprint density at radius 3 is 2.48 bits per heavy atom. The van der Waals surface area contributed by atoms with Crippen molar-refractivity contribution in [1.82, 2.24) is 0 Å². The summed E-state index contributed by atoms with van der Waals surface area (Å²) in [5.74, 6) is 0.474. The summed E-state index contributed by atoms with van der Waals surface area (Å²) in [5.41, 5.74) is 4.65. The number of ether oxygens (including phenoxy) is 2. The third-order valence-electron chi connectivity index (χ3n) is 4.66. The smallest absolute Gasteiger partial charge is 0.370 e. The predicted molar refractivity (Wildman–Crippen MR) is 113 cm³/mol. The molecule has 3 aromatic carbocycles. The van der Waals surface area contributed by atoms with Crippen molar-refractivity contribution in [2.45, 2.75) is 12.5 Å². The molecule has 0 spiro atoms. The fraction of sp³-hybridized carbons (Fsp3) is 0.0833. The summed E-state index contributed by atoms with van der Waals surface area (Å²) in [6, 6.07) is 19.4. The molecule has 1 unspecified atom stereocenters. The number of benzene rings is 3. The van der Waals surface area contributed by atoms with Crippen molar-refractivity contribution in [1.29, 1.82) is 0 Å². The number of hydrogen-bond acceptors (Lipinski definition) is 6. The first-order valence-electron chi connectivity index (χ1n) is 9.61. The molecule has 0 aliphatic carbocycles. The van der Waals surface area contributed by atoms with E-state index >= 15 is 0 Å². The summed E-state index contributed by atoms with van der Waals surface area (Å²) in [6.45, 7) is 0. The van der Waals surface area contributed by atoms with Crippen LogP contribution in [-0.4, -0.2) is 17.1 Å². The summed E-state index contributed by atoms with van der Waals surface area (Å²) >= 11 is 0. The number of esters is 1. The molecule has 0 aliphatic heterocycles. The van der Waals surface area contributed by atoms with Crippen molar-refractivity contribution in [2.24, 2.45) is 0 Å². The van der Waals surface area contributed by atoms with Gasteiger partial charge in [0.1, 0.15) is 29.1 Å². The summed E-state index contributed by atoms with van der Waals surface area (Å²) in [6.07, 6.45) is 1.60. The van der Waals surface area contributed by atoms with Crippen molar-refractivity contribution in [3.8, 4) is 23.0 Å². The molecule has 1 aromatic heterocycles. The van der Waals surface area contributed by atoms with Gasteiger partial charge in [-0.15, -0.1) is 0 Å². The van der Waals surface area contributed by atoms with Crippen LogP contribution in [0.3, 0.4) is 0 Å². The van der Waals surface area contributed by atoms with Crippen LogP contribution in [0.2, 0.25) is 0 Å². The minimum Gasteiger partial charge on any atom is -0.508 e. The largest absolute Gasteiger partial charge is 0.508 e. The van der Waals surface area contributed by atoms with Gasteiger partial charge in [0.2, 0.25) is 11.2 Å². The van der Waals surface area contributed by atoms with Crippen molar-refractivity contribution >= 4 is 16.9 Å². The van der Waals surface area contributed by atoms with E-state index in [1.165, 1.54) is 24.5 Å². The predicted octanol–water partition coefficient (Wildman–Crippen LogP) is 3.05. The Labute approximate surface area is 177 Å². The maximum atomic E-state index is 12.7. The van der Waals surface area contributed by atoms with Gasteiger partial charge in [0, 0.05) is 12.5 Å². The standard InChI is InChI=1S/C24H19NO6/c25-20(12-15-6-8-16(26)9-7-15)24(28)31-18-10-11-19-21(13-18)29-14-22(23(19)27)30-17-4-2-1-3-5-17/h1-11,13-14,20,26H,12,25H2/p+1. The van der Waals surface area contributed by atoms with Gasteiger partial charge in [-0.1, -0.05) is 30.3 Å². The molecule has 1 atom stereocenters. The lowest BCUT2D eigenvalue weighted by Gasteiger charge is -2.10. The monoisotopic (exact) mass is 418 g/mol. The van der Waals surface area contributed by atoms with Crippen molar-refractivity contribution in [2.75, 3.05) is 0 Å². The van der Waals surface area contributed by atoms with E-state index in [-0.39, 0.29) is 28.3 Å². The van der Waals surface area contributed by atoms with E-state index in [1.807, 2.05) is 6.07 Å². The zero-order chi connectivity index (χ0) is 21.8. The van der Waals surface area contributed by atoms with Crippen molar-refractivity contribution < 1.29 is 29.5 Å². The van der Waals surface area contributed by atoms with E-state index in [2.05, 4.69) is 5.73 Å². The number of aromatic hydroxyl groups is 1. The molecule has 7 nitrogen and oxygen atoms in total. The van der Waals surface area contributed by atoms with Crippen molar-refractivity contribution in [3.63, 3.8) is 0 Å². The second kappa shape index (κ2) is 8.73. The van der Waals surface area contributed by atoms with Gasteiger partial charge in [-0.05, 0) is 42.0 Å². The van der Waals surface area contributed by atoms with Gasteiger partial charge in [-0.25, -0.2) is 4.79 Å². The molecule has 4 aromatic rings. The number of carbonyl (C=O) groups excluding carboxylic acids is 1. The minimum atomic E-state index is -0.645. The summed E-state index contributed by atoms with van der Waals surface area (Å²) < 4.78 is 16.5. The molecular formula is C24H20NO6+. The van der Waals surface area contributed by atoms with Gasteiger partial charge in [0.05, 0.1) is 5.39 Å². The Bertz CT molecular complexity index is 1260. The number of hydrogen-bond donors (Lipinski definition) is 2. The van der Waals surface area contributed by atoms with Gasteiger partial charge in [0.15, 0.2) is 6.04 Å². The van der Waals surface area contributed by atoms with Crippen LogP contribution in [-0.2, 0) is 11.2 Å². The molecule has 0 radical (unpaired) electrons. The zero-order valence-electron chi connectivity index (χ0n) is 16.5. The second-order valence-electron chi connectivity index (χ2n) is 6.99. The Balaban J connectivity index is 1.48. The Kier molecular flexibility index (Phi) is 5.68. The lowest BCUT2D eigenvalue weighted by molar-refractivity contribution is -0.406. The highest BCUT2D eigenvalue weighted by molar-refractivity contribution is 5.82. The van der Waals surface area contributed by atoms with Crippen LogP contribution >= 0.6 is 0 Å². The number of rotatable bonds is 6. The molecule has 31 heavy (non-hydrogen) atoms. The van der Waals surface area contributed by atoms with E-state index < -0.39 is 12.0 Å². The van der Waals surface area contributed by atoms with Gasteiger partial charge in [0.25, 0.3) is 0 Å². The molecule has 0 aliphatic rings. The van der Waals surface area contributed by atoms with Gasteiger partial charge in [-0.2, -0.15) is 0 Å². The highest BCUT2D eigenvalue weighted by Crippen LogP contribution is 2.24. The third-order valence-corrected chi connectivity index (χ3v) is 4.66. The van der Waals surface area contributed by atoms with E-state index in [0.717, 1.165) is 5.56 Å². The first-order valence-corrected chi connectivity index (χ1v) is 9.61. The van der Waals surface area contributed by atoms with Crippen LogP contribution in [0.4, 0.5) is 0 Å². The van der Waals surface area contributed by atoms with Crippen LogP contribution in [0.15, 0.2) is 88.3 Å². The highest BCUT2D eigenvalue weighted by atomic mass is 16.5. The van der Waals surface area contributed by atoms with Gasteiger partial charge in [-0.3, -0.25) is 4.79 Å². The lowest BCUT2D eigenvalue weighted by Crippen LogP contribution is -2.67. The molecule has 156 valence electrons. The number of phenols is 1. The number of quaternary nitrogens is 1. The minimum absolute atomic E-state index is 0.0650. The zero-order valence-corrected chi connectivity index (χ0v) is 16.5. The fourth-order valence-corrected chi connectivity index (χ4v) is 3.04. The number of fused-ring (bicyclic) bond motifs is 1. The number of phenolic OH excluding ortho intramolecular Hbond substituents is 1. The Morgan fingerprint density at radius 2 is 1.74 bits per heavy atom. The van der Waals surface area contributed by atoms with Gasteiger partial charge >= 0.3 is 5.97 Å². The van der Waals surface area contributed by atoms with E-state index in [4.69, 9.17) is 13.9 Å². The van der Waals surface area contributed by atoms with Crippen LogP contribution in [0.25, 0.3) is 11.0 Å². The summed E-state index contributed by atoms with van der Waals surface area (Å²) in [7, 11) is 0. The molecule has 0 fully saturated rings. The number of carbonyl (C=O) groups is 1. The van der Waals surface area contributed by atoms with Crippen LogP contribution in [0.1, 0.15) is 5.56 Å². The van der Waals surface area contributed by atoms with E-state index in [9.17, 15) is 14.7 Å². The molecule has 4 N–H and O–H groups in total. The first kappa shape index (κ1) is 20.2. The maximum absolute atomic E-state index is 12.7. The van der Waals surface area contributed by atoms with Crippen molar-refractivity contribution in [3.05, 3.63) is 94.8 Å². The fourth-order valence-electron chi connectivity index (χ4n) is 3.04. The van der Waals surface area contributed by atoms with E-state index in [0.29, 0.717) is 17.6 Å². The summed E-state index contributed by atoms with van der Waals surface area (Å²) in [4.78, 5) is 25.1. The average Bonchev–Trinajstić information content (AvgIpc) is 2.78. The van der Waals surface area contributed by atoms with Crippen LogP contribution in [0.5, 0.6) is 23.0 Å². The molecule has 4 rings (SSSR count). The molecular weight excluding hydrogens is 398 g/mol. The van der Waals surface area contributed by atoms with Gasteiger partial charge < -0.3 is 24.7 Å². The normalized spacial score (nSPS) is 11.8. The SMILES string of the molecule is [NH3+]C(Cc1ccc(O)cc1)C(=O)Oc1ccc2c(=O)c(Oc3ccccc3)coc2c1. The molecule has 1 heterocycles. The molecule has 0 bridgehead atoms. The molecule has 0 amide bonds. The third kappa shape index (κ3) is 4.73. The Hall–Kier alpha value is -4.10.